The molecular formula is C14H22N6O4. The highest BCUT2D eigenvalue weighted by Crippen LogP contribution is 2.14. The second kappa shape index (κ2) is 9.30. The Morgan fingerprint density at radius 1 is 1.42 bits per heavy atom. The summed E-state index contributed by atoms with van der Waals surface area (Å²) >= 11 is 0. The third kappa shape index (κ3) is 6.92. The molecule has 1 rings (SSSR count). The molecule has 0 bridgehead atoms. The van der Waals surface area contributed by atoms with Crippen LogP contribution in [0.15, 0.2) is 29.4 Å². The van der Waals surface area contributed by atoms with E-state index in [4.69, 9.17) is 11.5 Å². The minimum atomic E-state index is -0.889. The zero-order chi connectivity index (χ0) is 18.1. The molecule has 0 aliphatic rings. The summed E-state index contributed by atoms with van der Waals surface area (Å²) in [6.07, 6.45) is 0.990. The third-order valence-electron chi connectivity index (χ3n) is 3.38. The van der Waals surface area contributed by atoms with Gasteiger partial charge in [0.05, 0.1) is 6.04 Å². The highest BCUT2D eigenvalue weighted by Gasteiger charge is 2.20. The van der Waals surface area contributed by atoms with Crippen LogP contribution in [0.5, 0.6) is 5.75 Å². The van der Waals surface area contributed by atoms with Gasteiger partial charge in [0.1, 0.15) is 10.9 Å². The van der Waals surface area contributed by atoms with Crippen LogP contribution in [0, 0.1) is 10.1 Å². The number of likely N-dealkylation sites (N-methyl/N-ethyl adjacent to an activating group) is 1. The second-order valence-electron chi connectivity index (χ2n) is 5.29. The summed E-state index contributed by atoms with van der Waals surface area (Å²) in [6.45, 7) is 0.826. The number of guanidine groups is 1. The molecule has 1 aromatic rings. The van der Waals surface area contributed by atoms with Crippen LogP contribution in [0.1, 0.15) is 18.4 Å². The Morgan fingerprint density at radius 3 is 2.58 bits per heavy atom. The number of hydrazone groups is 1. The van der Waals surface area contributed by atoms with Crippen molar-refractivity contribution in [3.8, 4) is 5.75 Å². The maximum Gasteiger partial charge on any atom is 0.266 e. The van der Waals surface area contributed by atoms with Crippen molar-refractivity contribution < 1.29 is 14.9 Å². The lowest BCUT2D eigenvalue weighted by Gasteiger charge is -2.25. The normalized spacial score (nSPS) is 12.8. The topological polar surface area (TPSA) is 160 Å². The molecule has 0 aromatic heterocycles. The zero-order valence-electron chi connectivity index (χ0n) is 13.4. The van der Waals surface area contributed by atoms with E-state index < -0.39 is 17.0 Å². The van der Waals surface area contributed by atoms with Gasteiger partial charge < -0.3 is 21.9 Å². The average molecular weight is 338 g/mol. The smallest absolute Gasteiger partial charge is 0.266 e. The summed E-state index contributed by atoms with van der Waals surface area (Å²) in [7, 11) is 1.78. The van der Waals surface area contributed by atoms with E-state index >= 15 is 0 Å². The van der Waals surface area contributed by atoms with Crippen LogP contribution < -0.4 is 16.8 Å². The predicted molar refractivity (Wildman–Crippen MR) is 88.4 cm³/mol. The monoisotopic (exact) mass is 338 g/mol. The number of benzene rings is 1. The first-order chi connectivity index (χ1) is 11.3. The van der Waals surface area contributed by atoms with Gasteiger partial charge in [0.2, 0.25) is 5.91 Å². The minimum Gasteiger partial charge on any atom is -0.508 e. The van der Waals surface area contributed by atoms with Crippen LogP contribution >= 0.6 is 0 Å². The van der Waals surface area contributed by atoms with Gasteiger partial charge in [-0.3, -0.25) is 9.69 Å². The Balaban J connectivity index is 2.49. The van der Waals surface area contributed by atoms with Gasteiger partial charge in [-0.2, -0.15) is 0 Å². The van der Waals surface area contributed by atoms with Crippen molar-refractivity contribution in [1.29, 1.82) is 0 Å². The van der Waals surface area contributed by atoms with Gasteiger partial charge >= 0.3 is 0 Å². The molecule has 0 aliphatic heterocycles. The molecule has 0 fully saturated rings. The fourth-order valence-electron chi connectivity index (χ4n) is 2.21. The lowest BCUT2D eigenvalue weighted by Crippen LogP contribution is -2.43. The van der Waals surface area contributed by atoms with Crippen LogP contribution in [-0.4, -0.2) is 46.5 Å². The Bertz CT molecular complexity index is 589. The summed E-state index contributed by atoms with van der Waals surface area (Å²) in [5, 5.41) is 24.0. The molecule has 0 saturated heterocycles. The number of amides is 1. The number of nitrogens with two attached hydrogens (primary N) is 2. The first-order valence-electron chi connectivity index (χ1n) is 7.29. The van der Waals surface area contributed by atoms with Gasteiger partial charge in [-0.15, -0.1) is 0 Å². The molecule has 24 heavy (non-hydrogen) atoms. The molecule has 10 heteroatoms. The molecule has 0 radical (unpaired) electrons. The summed E-state index contributed by atoms with van der Waals surface area (Å²) < 4.78 is 0. The number of hydrogen-bond acceptors (Lipinski definition) is 5. The highest BCUT2D eigenvalue weighted by molar-refractivity contribution is 5.79. The number of phenols is 1. The number of aromatic hydroxyl groups is 1. The van der Waals surface area contributed by atoms with Crippen molar-refractivity contribution in [3.63, 3.8) is 0 Å². The average Bonchev–Trinajstić information content (AvgIpc) is 2.48. The lowest BCUT2D eigenvalue weighted by atomic mass is 10.1. The fourth-order valence-corrected chi connectivity index (χ4v) is 2.21. The second-order valence-corrected chi connectivity index (χ2v) is 5.29. The van der Waals surface area contributed by atoms with Crippen molar-refractivity contribution in [3.05, 3.63) is 39.9 Å². The van der Waals surface area contributed by atoms with Gasteiger partial charge in [-0.1, -0.05) is 12.1 Å². The Hall–Kier alpha value is -2.88. The predicted octanol–water partition coefficient (Wildman–Crippen LogP) is -0.446. The Kier molecular flexibility index (Phi) is 7.43. The molecule has 0 aliphatic carbocycles. The lowest BCUT2D eigenvalue weighted by molar-refractivity contribution is -0.485. The van der Waals surface area contributed by atoms with Crippen LogP contribution in [0.3, 0.4) is 0 Å². The molecule has 10 nitrogen and oxygen atoms in total. The molecule has 0 heterocycles. The van der Waals surface area contributed by atoms with E-state index in [1.54, 1.807) is 31.3 Å². The van der Waals surface area contributed by atoms with E-state index in [9.17, 15) is 20.0 Å². The maximum atomic E-state index is 11.6. The van der Waals surface area contributed by atoms with E-state index in [0.29, 0.717) is 25.9 Å². The Labute approximate surface area is 139 Å². The van der Waals surface area contributed by atoms with E-state index in [0.717, 1.165) is 5.56 Å². The van der Waals surface area contributed by atoms with E-state index in [1.807, 2.05) is 4.90 Å². The van der Waals surface area contributed by atoms with Crippen molar-refractivity contribution >= 4 is 11.9 Å². The minimum absolute atomic E-state index is 0.174. The van der Waals surface area contributed by atoms with Gasteiger partial charge in [0, 0.05) is 13.1 Å². The highest BCUT2D eigenvalue weighted by atomic mass is 16.7. The van der Waals surface area contributed by atoms with Gasteiger partial charge in [-0.05, 0) is 37.6 Å². The van der Waals surface area contributed by atoms with Gasteiger partial charge in [0.15, 0.2) is 5.03 Å². The Morgan fingerprint density at radius 2 is 2.04 bits per heavy atom. The van der Waals surface area contributed by atoms with Gasteiger partial charge in [0.25, 0.3) is 5.96 Å². The number of nitrogens with zero attached hydrogens (tertiary/aromatic N) is 3. The van der Waals surface area contributed by atoms with Crippen molar-refractivity contribution in [2.75, 3.05) is 13.6 Å². The summed E-state index contributed by atoms with van der Waals surface area (Å²) in [6, 6.07) is 6.18. The number of hydrogen-bond donors (Lipinski definition) is 4. The van der Waals surface area contributed by atoms with Crippen molar-refractivity contribution in [2.45, 2.75) is 25.4 Å². The van der Waals surface area contributed by atoms with Crippen LogP contribution in [0.2, 0.25) is 0 Å². The van der Waals surface area contributed by atoms with Gasteiger partial charge in [-0.25, -0.2) is 10.1 Å². The third-order valence-corrected chi connectivity index (χ3v) is 3.38. The number of phenolic OH excluding ortho intramolecular Hbond substituents is 1. The number of primary amides is 1. The summed E-state index contributed by atoms with van der Waals surface area (Å²) in [4.78, 5) is 23.6. The number of rotatable bonds is 9. The molecule has 1 amide bonds. The number of nitro groups is 1. The first-order valence-corrected chi connectivity index (χ1v) is 7.29. The quantitative estimate of drug-likeness (QED) is 0.156. The van der Waals surface area contributed by atoms with Crippen LogP contribution in [-0.2, 0) is 11.3 Å². The summed E-state index contributed by atoms with van der Waals surface area (Å²) in [5.41, 5.74) is 11.7. The first kappa shape index (κ1) is 19.2. The maximum absolute atomic E-state index is 11.6. The molecule has 0 saturated carbocycles. The van der Waals surface area contributed by atoms with Crippen molar-refractivity contribution in [1.82, 2.24) is 10.2 Å². The molecule has 0 unspecified atom stereocenters. The largest absolute Gasteiger partial charge is 0.508 e. The summed E-state index contributed by atoms with van der Waals surface area (Å²) in [5.74, 6) is -0.566. The van der Waals surface area contributed by atoms with E-state index in [1.165, 1.54) is 0 Å². The fraction of sp³-hybridized carbons (Fsp3) is 0.429. The molecule has 1 atom stereocenters. The molecule has 0 spiro atoms. The zero-order valence-corrected chi connectivity index (χ0v) is 13.4. The molecule has 1 aromatic carbocycles. The number of carbonyl (C=O) groups excluding carboxylic acids is 1. The number of nitrogens with one attached hydrogen (secondary N) is 1. The van der Waals surface area contributed by atoms with E-state index in [-0.39, 0.29) is 11.7 Å². The van der Waals surface area contributed by atoms with Crippen molar-refractivity contribution in [2.24, 2.45) is 16.6 Å². The molecule has 6 N–H and O–H groups in total. The van der Waals surface area contributed by atoms with Crippen LogP contribution in [0.4, 0.5) is 0 Å². The molecule has 132 valence electrons. The number of carbonyl (C=O) groups is 1. The standard InChI is InChI=1S/C14H22N6O4/c1-19(9-10-4-6-11(21)7-5-10)12(13(15)22)3-2-8-17-14(16)18-20(23)24/h4-7,12,21H,2-3,8-9H2,1H3,(H2,15,22)(H3,16,17,18)/t12-/m1/s1. The SMILES string of the molecule is CN(Cc1ccc(O)cc1)[C@H](CCCNC(N)=N[N+](=O)[O-])C(N)=O. The van der Waals surface area contributed by atoms with Crippen LogP contribution in [0.25, 0.3) is 0 Å². The van der Waals surface area contributed by atoms with E-state index in [2.05, 4.69) is 10.4 Å². The molecular weight excluding hydrogens is 316 g/mol.